The van der Waals surface area contributed by atoms with Gasteiger partial charge in [0.15, 0.2) is 5.13 Å². The van der Waals surface area contributed by atoms with Crippen molar-refractivity contribution >= 4 is 34.0 Å². The summed E-state index contributed by atoms with van der Waals surface area (Å²) in [5, 5.41) is 5.33. The lowest BCUT2D eigenvalue weighted by Crippen LogP contribution is -2.31. The highest BCUT2D eigenvalue weighted by Gasteiger charge is 2.19. The van der Waals surface area contributed by atoms with E-state index in [4.69, 9.17) is 4.74 Å². The van der Waals surface area contributed by atoms with Crippen LogP contribution >= 0.6 is 11.3 Å². The van der Waals surface area contributed by atoms with E-state index in [0.717, 1.165) is 23.4 Å². The van der Waals surface area contributed by atoms with Crippen LogP contribution in [0.1, 0.15) is 28.5 Å². The van der Waals surface area contributed by atoms with Crippen LogP contribution in [0.3, 0.4) is 0 Å². The number of benzene rings is 2. The molecule has 4 rings (SSSR count). The standard InChI is InChI=1S/C21H19N3O3S/c1-14(25)24(17-5-3-2-4-6-17)21-23-16(13-28-21)12-27-18-7-8-19-15(11-18)9-10-22-20(19)26/h2-8,11,13H,9-10,12H2,1H3,(H,22,26). The molecular weight excluding hydrogens is 374 g/mol. The Morgan fingerprint density at radius 2 is 2.07 bits per heavy atom. The van der Waals surface area contributed by atoms with E-state index >= 15 is 0 Å². The Balaban J connectivity index is 1.48. The molecule has 7 heteroatoms. The monoisotopic (exact) mass is 393 g/mol. The maximum atomic E-state index is 12.1. The number of carbonyl (C=O) groups excluding carboxylic acids is 2. The first-order valence-electron chi connectivity index (χ1n) is 8.96. The van der Waals surface area contributed by atoms with Crippen LogP contribution in [0.2, 0.25) is 0 Å². The highest BCUT2D eigenvalue weighted by molar-refractivity contribution is 7.14. The first-order chi connectivity index (χ1) is 13.6. The number of nitrogens with zero attached hydrogens (tertiary/aromatic N) is 2. The number of aromatic nitrogens is 1. The van der Waals surface area contributed by atoms with Crippen LogP contribution < -0.4 is 15.0 Å². The minimum absolute atomic E-state index is 0.0396. The zero-order valence-corrected chi connectivity index (χ0v) is 16.2. The van der Waals surface area contributed by atoms with Crippen molar-refractivity contribution in [3.63, 3.8) is 0 Å². The van der Waals surface area contributed by atoms with Gasteiger partial charge in [0.1, 0.15) is 12.4 Å². The van der Waals surface area contributed by atoms with Crippen LogP contribution in [-0.4, -0.2) is 23.3 Å². The summed E-state index contributed by atoms with van der Waals surface area (Å²) in [5.41, 5.74) is 3.23. The molecule has 142 valence electrons. The fourth-order valence-corrected chi connectivity index (χ4v) is 3.99. The Labute approximate surface area is 166 Å². The molecule has 6 nitrogen and oxygen atoms in total. The zero-order valence-electron chi connectivity index (χ0n) is 15.3. The van der Waals surface area contributed by atoms with Crippen LogP contribution in [0.15, 0.2) is 53.9 Å². The number of thiazole rings is 1. The predicted molar refractivity (Wildman–Crippen MR) is 108 cm³/mol. The lowest BCUT2D eigenvalue weighted by Gasteiger charge is -2.18. The number of rotatable bonds is 5. The van der Waals surface area contributed by atoms with Crippen molar-refractivity contribution in [3.05, 3.63) is 70.7 Å². The van der Waals surface area contributed by atoms with Crippen molar-refractivity contribution in [2.45, 2.75) is 20.0 Å². The second-order valence-electron chi connectivity index (χ2n) is 6.42. The topological polar surface area (TPSA) is 71.5 Å². The molecule has 1 aliphatic heterocycles. The molecule has 28 heavy (non-hydrogen) atoms. The molecule has 0 saturated carbocycles. The lowest BCUT2D eigenvalue weighted by atomic mass is 10.0. The normalized spacial score (nSPS) is 12.8. The van der Waals surface area contributed by atoms with Gasteiger partial charge in [0.25, 0.3) is 5.91 Å². The van der Waals surface area contributed by atoms with Gasteiger partial charge in [-0.2, -0.15) is 0 Å². The summed E-state index contributed by atoms with van der Waals surface area (Å²) >= 11 is 1.40. The fourth-order valence-electron chi connectivity index (χ4n) is 3.12. The third kappa shape index (κ3) is 3.75. The first kappa shape index (κ1) is 18.2. The van der Waals surface area contributed by atoms with Crippen molar-refractivity contribution < 1.29 is 14.3 Å². The number of carbonyl (C=O) groups is 2. The third-order valence-corrected chi connectivity index (χ3v) is 5.32. The van der Waals surface area contributed by atoms with Gasteiger partial charge in [-0.25, -0.2) is 4.98 Å². The van der Waals surface area contributed by atoms with Crippen molar-refractivity contribution in [3.8, 4) is 5.75 Å². The highest BCUT2D eigenvalue weighted by atomic mass is 32.1. The zero-order chi connectivity index (χ0) is 19.5. The van der Waals surface area contributed by atoms with E-state index < -0.39 is 0 Å². The SMILES string of the molecule is CC(=O)N(c1ccccc1)c1nc(COc2ccc3c(c2)CCNC3=O)cs1. The molecule has 0 fully saturated rings. The molecule has 0 atom stereocenters. The third-order valence-electron chi connectivity index (χ3n) is 4.45. The van der Waals surface area contributed by atoms with E-state index in [-0.39, 0.29) is 11.8 Å². The van der Waals surface area contributed by atoms with Crippen molar-refractivity contribution in [2.75, 3.05) is 11.4 Å². The van der Waals surface area contributed by atoms with Gasteiger partial charge >= 0.3 is 0 Å². The Morgan fingerprint density at radius 3 is 2.86 bits per heavy atom. The molecule has 2 heterocycles. The number of hydrogen-bond donors (Lipinski definition) is 1. The minimum atomic E-state index is -0.0963. The Morgan fingerprint density at radius 1 is 1.25 bits per heavy atom. The predicted octanol–water partition coefficient (Wildman–Crippen LogP) is 3.69. The fraction of sp³-hybridized carbons (Fsp3) is 0.190. The quantitative estimate of drug-likeness (QED) is 0.718. The van der Waals surface area contributed by atoms with Gasteiger partial charge in [-0.05, 0) is 42.3 Å². The van der Waals surface area contributed by atoms with Crippen molar-refractivity contribution in [1.29, 1.82) is 0 Å². The molecule has 0 spiro atoms. The summed E-state index contributed by atoms with van der Waals surface area (Å²) in [7, 11) is 0. The molecule has 1 N–H and O–H groups in total. The van der Waals surface area contributed by atoms with Crippen LogP contribution in [-0.2, 0) is 17.8 Å². The van der Waals surface area contributed by atoms with Crippen molar-refractivity contribution in [1.82, 2.24) is 10.3 Å². The summed E-state index contributed by atoms with van der Waals surface area (Å²) in [6.07, 6.45) is 0.795. The molecule has 2 amide bonds. The molecule has 0 saturated heterocycles. The molecule has 0 unspecified atom stereocenters. The summed E-state index contributed by atoms with van der Waals surface area (Å²) in [6, 6.07) is 14.9. The average Bonchev–Trinajstić information content (AvgIpc) is 3.15. The van der Waals surface area contributed by atoms with Gasteiger partial charge in [0, 0.05) is 24.4 Å². The molecule has 1 aliphatic rings. The van der Waals surface area contributed by atoms with Crippen LogP contribution in [0.5, 0.6) is 5.75 Å². The minimum Gasteiger partial charge on any atom is -0.487 e. The first-order valence-corrected chi connectivity index (χ1v) is 9.84. The molecule has 0 aliphatic carbocycles. The summed E-state index contributed by atoms with van der Waals surface area (Å²) in [5.74, 6) is 0.567. The number of anilines is 2. The summed E-state index contributed by atoms with van der Waals surface area (Å²) in [6.45, 7) is 2.46. The van der Waals surface area contributed by atoms with Crippen LogP contribution in [0, 0.1) is 0 Å². The number of nitrogens with one attached hydrogen (secondary N) is 1. The number of para-hydroxylation sites is 1. The van der Waals surface area contributed by atoms with E-state index in [1.807, 2.05) is 41.8 Å². The molecule has 0 radical (unpaired) electrons. The number of fused-ring (bicyclic) bond motifs is 1. The maximum absolute atomic E-state index is 12.1. The van der Waals surface area contributed by atoms with E-state index in [1.165, 1.54) is 18.3 Å². The molecule has 3 aromatic rings. The van der Waals surface area contributed by atoms with E-state index in [9.17, 15) is 9.59 Å². The summed E-state index contributed by atoms with van der Waals surface area (Å²) in [4.78, 5) is 30.1. The van der Waals surface area contributed by atoms with Crippen LogP contribution in [0.25, 0.3) is 0 Å². The van der Waals surface area contributed by atoms with Gasteiger partial charge in [-0.15, -0.1) is 11.3 Å². The maximum Gasteiger partial charge on any atom is 0.251 e. The van der Waals surface area contributed by atoms with Gasteiger partial charge in [0.05, 0.1) is 11.4 Å². The smallest absolute Gasteiger partial charge is 0.251 e. The van der Waals surface area contributed by atoms with E-state index in [2.05, 4.69) is 10.3 Å². The Bertz CT molecular complexity index is 1020. The molecule has 2 aromatic carbocycles. The largest absolute Gasteiger partial charge is 0.487 e. The van der Waals surface area contributed by atoms with Gasteiger partial charge in [-0.3, -0.25) is 14.5 Å². The molecule has 0 bridgehead atoms. The van der Waals surface area contributed by atoms with Gasteiger partial charge in [0.2, 0.25) is 5.91 Å². The number of amides is 2. The van der Waals surface area contributed by atoms with E-state index in [1.54, 1.807) is 17.0 Å². The lowest BCUT2D eigenvalue weighted by molar-refractivity contribution is -0.115. The molecule has 1 aromatic heterocycles. The van der Waals surface area contributed by atoms with Gasteiger partial charge in [-0.1, -0.05) is 18.2 Å². The highest BCUT2D eigenvalue weighted by Crippen LogP contribution is 2.29. The van der Waals surface area contributed by atoms with Gasteiger partial charge < -0.3 is 10.1 Å². The van der Waals surface area contributed by atoms with E-state index in [0.29, 0.717) is 29.6 Å². The number of ether oxygens (including phenoxy) is 1. The van der Waals surface area contributed by atoms with Crippen molar-refractivity contribution in [2.24, 2.45) is 0 Å². The number of hydrogen-bond acceptors (Lipinski definition) is 5. The average molecular weight is 393 g/mol. The summed E-state index contributed by atoms with van der Waals surface area (Å²) < 4.78 is 5.86. The Kier molecular flexibility index (Phi) is 5.08. The Hall–Kier alpha value is -3.19. The molecular formula is C21H19N3O3S. The van der Waals surface area contributed by atoms with Crippen LogP contribution in [0.4, 0.5) is 10.8 Å². The second-order valence-corrected chi connectivity index (χ2v) is 7.26. The second kappa shape index (κ2) is 7.82.